The second kappa shape index (κ2) is 11.8. The molecule has 3 aliphatic rings. The van der Waals surface area contributed by atoms with Crippen molar-refractivity contribution in [2.75, 3.05) is 13.7 Å². The van der Waals surface area contributed by atoms with E-state index in [0.29, 0.717) is 0 Å². The van der Waals surface area contributed by atoms with E-state index >= 15 is 0 Å². The standard InChI is InChI=1S/C29H26O15/c1-40-13-7-16(32)14-9-21(26(41-20(14)8-13)11-2-3-15(31)17(33)4-11)42-29-27(25(38)24(37)22(10-30)43-29)44-28(39)12-5-18(34)23(36)19(35)6-12/h2-9,22,24-25,27,29-31,33-38H,10H2,1H3/p+1/t22-,24+,25+,27-,29-/m1/s1. The first-order valence-electron chi connectivity index (χ1n) is 12.9. The molecular weight excluding hydrogens is 588 g/mol. The van der Waals surface area contributed by atoms with E-state index < -0.39 is 77.5 Å². The largest absolute Gasteiger partial charge is 0.518 e. The molecule has 1 saturated heterocycles. The Morgan fingerprint density at radius 2 is 1.61 bits per heavy atom. The van der Waals surface area contributed by atoms with Gasteiger partial charge in [-0.05, 0) is 24.3 Å². The minimum absolute atomic E-state index is 0.00423. The van der Waals surface area contributed by atoms with Crippen molar-refractivity contribution in [2.24, 2.45) is 0 Å². The molecule has 2 heterocycles. The van der Waals surface area contributed by atoms with Crippen molar-refractivity contribution in [3.63, 3.8) is 0 Å². The molecule has 2 aromatic rings. The summed E-state index contributed by atoms with van der Waals surface area (Å²) >= 11 is 0. The molecule has 0 radical (unpaired) electrons. The third-order valence-electron chi connectivity index (χ3n) is 6.89. The highest BCUT2D eigenvalue weighted by atomic mass is 16.7. The maximum Gasteiger partial charge on any atom is 0.518 e. The molecule has 0 bridgehead atoms. The summed E-state index contributed by atoms with van der Waals surface area (Å²) in [6.07, 6.45) is -8.58. The highest BCUT2D eigenvalue weighted by Gasteiger charge is 2.52. The van der Waals surface area contributed by atoms with Crippen LogP contribution in [-0.4, -0.2) is 96.0 Å². The zero-order valence-corrected chi connectivity index (χ0v) is 22.7. The third kappa shape index (κ3) is 5.59. The minimum atomic E-state index is -1.88. The highest BCUT2D eigenvalue weighted by Crippen LogP contribution is 2.41. The van der Waals surface area contributed by atoms with Gasteiger partial charge in [0.15, 0.2) is 51.8 Å². The first kappa shape index (κ1) is 30.2. The van der Waals surface area contributed by atoms with Gasteiger partial charge in [-0.2, -0.15) is 0 Å². The number of rotatable bonds is 7. The van der Waals surface area contributed by atoms with Crippen LogP contribution >= 0.6 is 0 Å². The fourth-order valence-electron chi connectivity index (χ4n) is 4.56. The average Bonchev–Trinajstić information content (AvgIpc) is 3.00. The van der Waals surface area contributed by atoms with Gasteiger partial charge in [-0.25, -0.2) is 0 Å². The van der Waals surface area contributed by atoms with Gasteiger partial charge in [0.2, 0.25) is 0 Å². The maximum atomic E-state index is 12.9. The number of ether oxygens (including phenoxy) is 4. The molecule has 0 aromatic heterocycles. The molecule has 1 fully saturated rings. The second-order valence-electron chi connectivity index (χ2n) is 9.76. The van der Waals surface area contributed by atoms with Crippen molar-refractivity contribution in [1.82, 2.24) is 0 Å². The Morgan fingerprint density at radius 1 is 0.909 bits per heavy atom. The predicted molar refractivity (Wildman–Crippen MR) is 148 cm³/mol. The molecule has 2 aromatic carbocycles. The van der Waals surface area contributed by atoms with E-state index in [4.69, 9.17) is 23.4 Å². The van der Waals surface area contributed by atoms with Crippen LogP contribution in [0.5, 0.6) is 40.2 Å². The summed E-state index contributed by atoms with van der Waals surface area (Å²) < 4.78 is 28.2. The van der Waals surface area contributed by atoms with Gasteiger partial charge in [0.25, 0.3) is 12.4 Å². The number of phenolic OH excluding ortho intramolecular Hbond substituents is 5. The van der Waals surface area contributed by atoms with Gasteiger partial charge in [-0.3, -0.25) is 4.79 Å². The third-order valence-corrected chi connectivity index (χ3v) is 6.89. The Hall–Kier alpha value is -5.22. The Balaban J connectivity index is 1.60. The Bertz CT molecular complexity index is 1710. The maximum absolute atomic E-state index is 12.9. The van der Waals surface area contributed by atoms with Crippen molar-refractivity contribution < 1.29 is 69.0 Å². The lowest BCUT2D eigenvalue weighted by Gasteiger charge is -2.38. The smallest absolute Gasteiger partial charge is 0.504 e. The highest BCUT2D eigenvalue weighted by molar-refractivity contribution is 5.92. The van der Waals surface area contributed by atoms with E-state index in [9.17, 15) is 50.4 Å². The van der Waals surface area contributed by atoms with Crippen molar-refractivity contribution in [3.8, 4) is 62.9 Å². The molecule has 9 N–H and O–H groups in total. The number of aliphatic hydroxyl groups excluding tert-OH is 3. The number of methoxy groups -OCH3 is 1. The number of benzene rings is 3. The Morgan fingerprint density at radius 3 is 2.25 bits per heavy atom. The van der Waals surface area contributed by atoms with Crippen LogP contribution in [0.1, 0.15) is 5.56 Å². The fraction of sp³-hybridized carbons (Fsp3) is 0.241. The summed E-state index contributed by atoms with van der Waals surface area (Å²) in [5.74, 6) is -4.58. The monoisotopic (exact) mass is 615 g/mol. The molecule has 5 atom stereocenters. The molecule has 0 spiro atoms. The summed E-state index contributed by atoms with van der Waals surface area (Å²) in [4.78, 5) is 23.5. The fourth-order valence-corrected chi connectivity index (χ4v) is 4.56. The lowest BCUT2D eigenvalue weighted by Crippen LogP contribution is -2.61. The van der Waals surface area contributed by atoms with Crippen LogP contribution in [0.15, 0.2) is 57.7 Å². The molecule has 44 heavy (non-hydrogen) atoms. The van der Waals surface area contributed by atoms with E-state index in [-0.39, 0.29) is 39.7 Å². The van der Waals surface area contributed by atoms with E-state index in [2.05, 4.69) is 0 Å². The number of hydrogen-bond acceptors (Lipinski definition) is 14. The number of carbonyl (C=O) groups excluding carboxylic acids is 1. The van der Waals surface area contributed by atoms with Crippen LogP contribution in [-0.2, 0) is 9.47 Å². The molecule has 0 amide bonds. The van der Waals surface area contributed by atoms with Gasteiger partial charge in [0.1, 0.15) is 29.3 Å². The number of fused-ring (bicyclic) bond motifs is 1. The van der Waals surface area contributed by atoms with E-state index in [1.54, 1.807) is 0 Å². The average molecular weight is 616 g/mol. The second-order valence-corrected chi connectivity index (χ2v) is 9.76. The van der Waals surface area contributed by atoms with Crippen molar-refractivity contribution in [2.45, 2.75) is 30.7 Å². The van der Waals surface area contributed by atoms with Gasteiger partial charge in [-0.15, -0.1) is 0 Å². The van der Waals surface area contributed by atoms with Crippen LogP contribution < -0.4 is 14.9 Å². The molecule has 5 rings (SSSR count). The summed E-state index contributed by atoms with van der Waals surface area (Å²) in [6.45, 7) is -0.786. The first-order chi connectivity index (χ1) is 20.9. The van der Waals surface area contributed by atoms with Crippen molar-refractivity contribution in [1.29, 1.82) is 0 Å². The van der Waals surface area contributed by atoms with Crippen LogP contribution in [0.3, 0.4) is 0 Å². The minimum Gasteiger partial charge on any atom is -0.504 e. The molecular formula is C29H27O15+. The lowest BCUT2D eigenvalue weighted by atomic mass is 9.99. The predicted octanol–water partition coefficient (Wildman–Crippen LogP) is 0.702. The molecule has 1 aliphatic carbocycles. The number of phenols is 5. The van der Waals surface area contributed by atoms with Crippen LogP contribution in [0, 0.1) is 0 Å². The quantitative estimate of drug-likeness (QED) is 0.0810. The van der Waals surface area contributed by atoms with E-state index in [0.717, 1.165) is 18.2 Å². The normalized spacial score (nSPS) is 21.6. The summed E-state index contributed by atoms with van der Waals surface area (Å²) in [7, 11) is 1.35. The zero-order valence-electron chi connectivity index (χ0n) is 22.7. The Labute approximate surface area is 246 Å². The first-order valence-corrected chi connectivity index (χ1v) is 12.9. The van der Waals surface area contributed by atoms with Gasteiger partial charge in [0.05, 0.1) is 19.3 Å². The van der Waals surface area contributed by atoms with Gasteiger partial charge >= 0.3 is 5.97 Å². The summed E-state index contributed by atoms with van der Waals surface area (Å²) in [5.41, 5.74) is -0.741. The zero-order chi connectivity index (χ0) is 31.9. The number of hydrogen-bond donors (Lipinski definition) is 8. The van der Waals surface area contributed by atoms with Crippen molar-refractivity contribution in [3.05, 3.63) is 64.3 Å². The molecule has 2 aliphatic heterocycles. The van der Waals surface area contributed by atoms with Crippen LogP contribution in [0.4, 0.5) is 0 Å². The topological polar surface area (TPSA) is 250 Å². The van der Waals surface area contributed by atoms with Gasteiger partial charge < -0.3 is 69.0 Å². The SMILES string of the molecule is COc1cc2oc(-c3ccc(O)c(O)c3)c(O[C@@H]3O[C@H](CO)[C@H](O)[C@H](O)[C@H]3OC(=[OH+])c3cc(O)c(O)c(O)c3)cc-2c(=O)c1. The van der Waals surface area contributed by atoms with Crippen molar-refractivity contribution >= 4 is 5.97 Å². The number of esters is 1. The molecule has 15 nitrogen and oxygen atoms in total. The summed E-state index contributed by atoms with van der Waals surface area (Å²) in [6, 6.07) is 9.21. The number of aromatic hydroxyl groups is 5. The van der Waals surface area contributed by atoms with E-state index in [1.165, 1.54) is 37.4 Å². The van der Waals surface area contributed by atoms with Crippen LogP contribution in [0.25, 0.3) is 22.6 Å². The molecule has 0 unspecified atom stereocenters. The lowest BCUT2D eigenvalue weighted by molar-refractivity contribution is -0.274. The molecule has 232 valence electrons. The van der Waals surface area contributed by atoms with Gasteiger partial charge in [0, 0.05) is 29.8 Å². The summed E-state index contributed by atoms with van der Waals surface area (Å²) in [5, 5.41) is 80.4. The van der Waals surface area contributed by atoms with E-state index in [1.807, 2.05) is 0 Å². The molecule has 0 saturated carbocycles. The Kier molecular flexibility index (Phi) is 8.12. The van der Waals surface area contributed by atoms with Crippen LogP contribution in [0.2, 0.25) is 0 Å². The van der Waals surface area contributed by atoms with Gasteiger partial charge in [-0.1, -0.05) is 0 Å². The molecule has 15 heteroatoms. The number of aliphatic hydroxyl groups is 3.